The topological polar surface area (TPSA) is 64.7 Å². The quantitative estimate of drug-likeness (QED) is 0.534. The molecule has 0 aliphatic carbocycles. The summed E-state index contributed by atoms with van der Waals surface area (Å²) in [6, 6.07) is 18.3. The van der Waals surface area contributed by atoms with Crippen molar-refractivity contribution >= 4 is 63.5 Å². The van der Waals surface area contributed by atoms with Gasteiger partial charge in [-0.1, -0.05) is 29.8 Å². The highest BCUT2D eigenvalue weighted by atomic mass is 35.5. The van der Waals surface area contributed by atoms with Crippen LogP contribution in [0.2, 0.25) is 5.02 Å². The summed E-state index contributed by atoms with van der Waals surface area (Å²) in [5, 5.41) is 8.55. The summed E-state index contributed by atoms with van der Waals surface area (Å²) in [5.74, 6) is -0.227. The minimum atomic E-state index is -0.232. The molecule has 1 fully saturated rings. The van der Waals surface area contributed by atoms with Crippen LogP contribution in [0.1, 0.15) is 20.0 Å². The van der Waals surface area contributed by atoms with Gasteiger partial charge in [0.25, 0.3) is 11.8 Å². The zero-order valence-corrected chi connectivity index (χ0v) is 19.5. The minimum absolute atomic E-state index is 0.00481. The van der Waals surface area contributed by atoms with E-state index in [1.165, 1.54) is 11.3 Å². The number of halogens is 1. The first-order valence-electron chi connectivity index (χ1n) is 10.1. The molecule has 2 aromatic carbocycles. The van der Waals surface area contributed by atoms with Crippen LogP contribution in [0.4, 0.5) is 11.4 Å². The fourth-order valence-corrected chi connectivity index (χ4v) is 4.45. The first-order chi connectivity index (χ1) is 15.5. The molecule has 0 spiro atoms. The van der Waals surface area contributed by atoms with Gasteiger partial charge in [0.2, 0.25) is 0 Å². The molecule has 2 heterocycles. The summed E-state index contributed by atoms with van der Waals surface area (Å²) >= 11 is 12.6. The second kappa shape index (κ2) is 10.1. The number of thiophene rings is 1. The van der Waals surface area contributed by atoms with E-state index in [0.29, 0.717) is 41.6 Å². The number of carbonyl (C=O) groups excluding carboxylic acids is 2. The van der Waals surface area contributed by atoms with E-state index in [2.05, 4.69) is 15.5 Å². The summed E-state index contributed by atoms with van der Waals surface area (Å²) in [6.45, 7) is 2.59. The van der Waals surface area contributed by atoms with Gasteiger partial charge in [-0.3, -0.25) is 14.9 Å². The molecule has 1 saturated heterocycles. The second-order valence-corrected chi connectivity index (χ2v) is 8.98. The van der Waals surface area contributed by atoms with E-state index >= 15 is 0 Å². The lowest BCUT2D eigenvalue weighted by Gasteiger charge is -2.37. The van der Waals surface area contributed by atoms with E-state index < -0.39 is 0 Å². The molecule has 0 radical (unpaired) electrons. The van der Waals surface area contributed by atoms with Gasteiger partial charge in [0.1, 0.15) is 0 Å². The molecule has 1 aromatic heterocycles. The van der Waals surface area contributed by atoms with Gasteiger partial charge < -0.3 is 15.1 Å². The molecule has 164 valence electrons. The van der Waals surface area contributed by atoms with Crippen LogP contribution in [0.25, 0.3) is 0 Å². The third-order valence-corrected chi connectivity index (χ3v) is 6.45. The van der Waals surface area contributed by atoms with Crippen LogP contribution in [-0.2, 0) is 0 Å². The smallest absolute Gasteiger partial charge is 0.267 e. The molecule has 0 bridgehead atoms. The van der Waals surface area contributed by atoms with Crippen molar-refractivity contribution < 1.29 is 9.59 Å². The summed E-state index contributed by atoms with van der Waals surface area (Å²) in [4.78, 5) is 29.7. The maximum atomic E-state index is 12.8. The van der Waals surface area contributed by atoms with E-state index in [4.69, 9.17) is 23.8 Å². The first kappa shape index (κ1) is 22.3. The molecule has 9 heteroatoms. The number of carbonyl (C=O) groups is 2. The Balaban J connectivity index is 1.38. The van der Waals surface area contributed by atoms with Crippen LogP contribution >= 0.6 is 35.2 Å². The fourth-order valence-electron chi connectivity index (χ4n) is 3.51. The molecular formula is C23H21ClN4O2S2. The van der Waals surface area contributed by atoms with Crippen LogP contribution < -0.4 is 15.5 Å². The van der Waals surface area contributed by atoms with Gasteiger partial charge in [-0.25, -0.2) is 0 Å². The zero-order chi connectivity index (χ0) is 22.5. The Bertz CT molecular complexity index is 1110. The van der Waals surface area contributed by atoms with Gasteiger partial charge in [-0.05, 0) is 60.1 Å². The van der Waals surface area contributed by atoms with Crippen LogP contribution in [0.3, 0.4) is 0 Å². The molecular weight excluding hydrogens is 464 g/mol. The molecule has 0 unspecified atom stereocenters. The van der Waals surface area contributed by atoms with Gasteiger partial charge in [-0.15, -0.1) is 11.3 Å². The Kier molecular flexibility index (Phi) is 7.04. The van der Waals surface area contributed by atoms with Gasteiger partial charge in [-0.2, -0.15) is 0 Å². The number of rotatable bonds is 4. The lowest BCUT2D eigenvalue weighted by atomic mass is 10.1. The first-order valence-corrected chi connectivity index (χ1v) is 11.7. The van der Waals surface area contributed by atoms with Crippen LogP contribution in [0.15, 0.2) is 66.0 Å². The van der Waals surface area contributed by atoms with Gasteiger partial charge >= 0.3 is 0 Å². The third-order valence-electron chi connectivity index (χ3n) is 5.12. The predicted molar refractivity (Wildman–Crippen MR) is 134 cm³/mol. The molecule has 2 N–H and O–H groups in total. The zero-order valence-electron chi connectivity index (χ0n) is 17.1. The van der Waals surface area contributed by atoms with Crippen molar-refractivity contribution in [1.82, 2.24) is 10.2 Å². The van der Waals surface area contributed by atoms with Crippen molar-refractivity contribution in [3.63, 3.8) is 0 Å². The molecule has 2 amide bonds. The van der Waals surface area contributed by atoms with E-state index in [1.807, 2.05) is 40.6 Å². The summed E-state index contributed by atoms with van der Waals surface area (Å²) < 4.78 is 0. The largest absolute Gasteiger partial charge is 0.366 e. The van der Waals surface area contributed by atoms with Gasteiger partial charge in [0.05, 0.1) is 16.3 Å². The number of nitrogens with zero attached hydrogens (tertiary/aromatic N) is 2. The lowest BCUT2D eigenvalue weighted by Crippen LogP contribution is -2.49. The number of hydrogen-bond donors (Lipinski definition) is 2. The number of piperazine rings is 1. The van der Waals surface area contributed by atoms with E-state index in [0.717, 1.165) is 11.4 Å². The number of thiocarbonyl (C=S) groups is 1. The Morgan fingerprint density at radius 3 is 2.34 bits per heavy atom. The lowest BCUT2D eigenvalue weighted by molar-refractivity contribution is 0.0746. The number of hydrogen-bond acceptors (Lipinski definition) is 5. The maximum Gasteiger partial charge on any atom is 0.267 e. The number of amides is 2. The van der Waals surface area contributed by atoms with Crippen molar-refractivity contribution in [3.8, 4) is 0 Å². The Labute approximate surface area is 200 Å². The highest BCUT2D eigenvalue weighted by Gasteiger charge is 2.23. The minimum Gasteiger partial charge on any atom is -0.366 e. The molecule has 1 aliphatic rings. The summed E-state index contributed by atoms with van der Waals surface area (Å²) in [5.41, 5.74) is 2.41. The van der Waals surface area contributed by atoms with Crippen molar-refractivity contribution in [3.05, 3.63) is 81.5 Å². The average molecular weight is 485 g/mol. The number of para-hydroxylation sites is 2. The molecule has 0 saturated carbocycles. The normalized spacial score (nSPS) is 13.5. The van der Waals surface area contributed by atoms with Crippen molar-refractivity contribution in [2.45, 2.75) is 0 Å². The number of benzene rings is 2. The van der Waals surface area contributed by atoms with Crippen LogP contribution in [-0.4, -0.2) is 48.0 Å². The molecule has 0 atom stereocenters. The Morgan fingerprint density at radius 2 is 1.66 bits per heavy atom. The van der Waals surface area contributed by atoms with Crippen molar-refractivity contribution in [2.75, 3.05) is 36.4 Å². The summed E-state index contributed by atoms with van der Waals surface area (Å²) in [7, 11) is 0. The van der Waals surface area contributed by atoms with Gasteiger partial charge in [0, 0.05) is 36.8 Å². The molecule has 3 aromatic rings. The maximum absolute atomic E-state index is 12.8. The Hall–Kier alpha value is -2.94. The van der Waals surface area contributed by atoms with Crippen molar-refractivity contribution in [2.24, 2.45) is 0 Å². The molecule has 1 aliphatic heterocycles. The highest BCUT2D eigenvalue weighted by Crippen LogP contribution is 2.27. The number of nitrogens with one attached hydrogen (secondary N) is 2. The van der Waals surface area contributed by atoms with Crippen molar-refractivity contribution in [1.29, 1.82) is 0 Å². The van der Waals surface area contributed by atoms with E-state index in [9.17, 15) is 9.59 Å². The standard InChI is InChI=1S/C23H21ClN4O2S2/c24-17-9-7-16(8-10-17)22(30)28-13-11-27(12-14-28)19-5-2-1-4-18(19)25-23(31)26-21(29)20-6-3-15-32-20/h1-10,15H,11-14H2,(H2,25,26,29,31). The van der Waals surface area contributed by atoms with E-state index in [1.54, 1.807) is 30.3 Å². The second-order valence-electron chi connectivity index (χ2n) is 7.19. The monoisotopic (exact) mass is 484 g/mol. The fraction of sp³-hybridized carbons (Fsp3) is 0.174. The average Bonchev–Trinajstić information content (AvgIpc) is 3.35. The highest BCUT2D eigenvalue weighted by molar-refractivity contribution is 7.80. The molecule has 32 heavy (non-hydrogen) atoms. The number of anilines is 2. The SMILES string of the molecule is O=C(NC(=S)Nc1ccccc1N1CCN(C(=O)c2ccc(Cl)cc2)CC1)c1cccs1. The van der Waals surface area contributed by atoms with Crippen LogP contribution in [0, 0.1) is 0 Å². The predicted octanol–water partition coefficient (Wildman–Crippen LogP) is 4.49. The van der Waals surface area contributed by atoms with Gasteiger partial charge in [0.15, 0.2) is 5.11 Å². The van der Waals surface area contributed by atoms with Crippen LogP contribution in [0.5, 0.6) is 0 Å². The molecule has 6 nitrogen and oxygen atoms in total. The van der Waals surface area contributed by atoms with E-state index in [-0.39, 0.29) is 16.9 Å². The summed E-state index contributed by atoms with van der Waals surface area (Å²) in [6.07, 6.45) is 0. The third kappa shape index (κ3) is 5.27. The Morgan fingerprint density at radius 1 is 0.938 bits per heavy atom. The molecule has 4 rings (SSSR count).